The molecule has 1 unspecified atom stereocenters. The van der Waals surface area contributed by atoms with Crippen LogP contribution < -0.4 is 5.32 Å². The summed E-state index contributed by atoms with van der Waals surface area (Å²) >= 11 is 6.20. The minimum atomic E-state index is -0.0113. The first-order chi connectivity index (χ1) is 15.6. The zero-order chi connectivity index (χ0) is 22.3. The smallest absolute Gasteiger partial charge is 0.241 e. The number of likely N-dealkylation sites (tertiary alicyclic amines) is 1. The average Bonchev–Trinajstić information content (AvgIpc) is 3.26. The molecule has 0 spiro atoms. The highest BCUT2D eigenvalue weighted by molar-refractivity contribution is 6.31. The number of carbonyl (C=O) groups excluding carboxylic acids is 1. The molecule has 4 rings (SSSR count). The summed E-state index contributed by atoms with van der Waals surface area (Å²) in [5, 5.41) is 8.03. The molecule has 0 aliphatic carbocycles. The van der Waals surface area contributed by atoms with Crippen molar-refractivity contribution in [2.75, 3.05) is 19.6 Å². The molecule has 3 aromatic rings. The van der Waals surface area contributed by atoms with Gasteiger partial charge in [0.2, 0.25) is 17.6 Å². The lowest BCUT2D eigenvalue weighted by Gasteiger charge is -2.30. The Bertz CT molecular complexity index is 1050. The van der Waals surface area contributed by atoms with Gasteiger partial charge in [0.15, 0.2) is 0 Å². The van der Waals surface area contributed by atoms with E-state index in [-0.39, 0.29) is 11.8 Å². The van der Waals surface area contributed by atoms with Gasteiger partial charge in [-0.2, -0.15) is 4.98 Å². The number of aryl methyl sites for hydroxylation is 2. The zero-order valence-corrected chi connectivity index (χ0v) is 19.1. The molecule has 1 saturated heterocycles. The lowest BCUT2D eigenvalue weighted by molar-refractivity contribution is -0.126. The number of amides is 1. The fraction of sp³-hybridized carbons (Fsp3) is 0.400. The molecule has 0 saturated carbocycles. The summed E-state index contributed by atoms with van der Waals surface area (Å²) in [7, 11) is 0. The van der Waals surface area contributed by atoms with Gasteiger partial charge in [0, 0.05) is 23.7 Å². The van der Waals surface area contributed by atoms with Crippen LogP contribution in [0.3, 0.4) is 0 Å². The third-order valence-electron chi connectivity index (χ3n) is 5.97. The SMILES string of the molecule is Cc1ccccc1-c1noc(CN2CCCC(C(=O)NCCCc3ccccc3Cl)C2)n1. The number of nitrogens with one attached hydrogen (secondary N) is 1. The summed E-state index contributed by atoms with van der Waals surface area (Å²) in [5.41, 5.74) is 3.22. The lowest BCUT2D eigenvalue weighted by atomic mass is 9.97. The molecular weight excluding hydrogens is 424 g/mol. The van der Waals surface area contributed by atoms with Gasteiger partial charge in [-0.3, -0.25) is 9.69 Å². The van der Waals surface area contributed by atoms with Crippen molar-refractivity contribution in [3.05, 3.63) is 70.6 Å². The molecule has 1 fully saturated rings. The Kier molecular flexibility index (Phi) is 7.55. The normalized spacial score (nSPS) is 16.8. The van der Waals surface area contributed by atoms with Crippen molar-refractivity contribution in [2.45, 2.75) is 39.2 Å². The molecule has 7 heteroatoms. The second kappa shape index (κ2) is 10.7. The molecule has 6 nitrogen and oxygen atoms in total. The predicted octanol–water partition coefficient (Wildman–Crippen LogP) is 4.66. The molecule has 2 heterocycles. The molecule has 168 valence electrons. The number of benzene rings is 2. The Balaban J connectivity index is 1.25. The van der Waals surface area contributed by atoms with E-state index in [2.05, 4.69) is 20.4 Å². The lowest BCUT2D eigenvalue weighted by Crippen LogP contribution is -2.43. The van der Waals surface area contributed by atoms with E-state index in [4.69, 9.17) is 16.1 Å². The highest BCUT2D eigenvalue weighted by Crippen LogP contribution is 2.22. The van der Waals surface area contributed by atoms with Crippen molar-refractivity contribution in [3.63, 3.8) is 0 Å². The van der Waals surface area contributed by atoms with Crippen molar-refractivity contribution >= 4 is 17.5 Å². The largest absolute Gasteiger partial charge is 0.356 e. The highest BCUT2D eigenvalue weighted by atomic mass is 35.5. The quantitative estimate of drug-likeness (QED) is 0.503. The third kappa shape index (κ3) is 5.75. The molecule has 0 radical (unpaired) electrons. The summed E-state index contributed by atoms with van der Waals surface area (Å²) in [4.78, 5) is 19.5. The van der Waals surface area contributed by atoms with Crippen LogP contribution in [-0.2, 0) is 17.8 Å². The van der Waals surface area contributed by atoms with Gasteiger partial charge in [-0.25, -0.2) is 0 Å². The van der Waals surface area contributed by atoms with E-state index in [1.807, 2.05) is 55.5 Å². The van der Waals surface area contributed by atoms with E-state index in [0.29, 0.717) is 31.3 Å². The zero-order valence-electron chi connectivity index (χ0n) is 18.4. The first-order valence-electron chi connectivity index (χ1n) is 11.2. The second-order valence-corrected chi connectivity index (χ2v) is 8.79. The molecule has 1 amide bonds. The van der Waals surface area contributed by atoms with Crippen LogP contribution in [0.4, 0.5) is 0 Å². The number of piperidine rings is 1. The summed E-state index contributed by atoms with van der Waals surface area (Å²) in [6.45, 7) is 4.89. The van der Waals surface area contributed by atoms with Gasteiger partial charge in [-0.05, 0) is 56.3 Å². The van der Waals surface area contributed by atoms with Gasteiger partial charge in [-0.1, -0.05) is 59.2 Å². The highest BCUT2D eigenvalue weighted by Gasteiger charge is 2.26. The molecule has 1 aromatic heterocycles. The number of nitrogens with zero attached hydrogens (tertiary/aromatic N) is 3. The van der Waals surface area contributed by atoms with E-state index in [0.717, 1.165) is 53.9 Å². The number of aromatic nitrogens is 2. The van der Waals surface area contributed by atoms with Gasteiger partial charge in [0.1, 0.15) is 0 Å². The van der Waals surface area contributed by atoms with Crippen LogP contribution in [0.15, 0.2) is 53.1 Å². The Labute approximate surface area is 194 Å². The number of carbonyl (C=O) groups is 1. The van der Waals surface area contributed by atoms with Crippen LogP contribution in [0.1, 0.15) is 36.3 Å². The number of hydrogen-bond acceptors (Lipinski definition) is 5. The molecule has 1 aliphatic rings. The number of halogens is 1. The van der Waals surface area contributed by atoms with Gasteiger partial charge in [0.25, 0.3) is 0 Å². The van der Waals surface area contributed by atoms with Crippen molar-refractivity contribution < 1.29 is 9.32 Å². The van der Waals surface area contributed by atoms with E-state index in [1.165, 1.54) is 0 Å². The van der Waals surface area contributed by atoms with Crippen LogP contribution in [0.25, 0.3) is 11.4 Å². The van der Waals surface area contributed by atoms with Crippen LogP contribution in [-0.4, -0.2) is 40.6 Å². The Hall–Kier alpha value is -2.70. The van der Waals surface area contributed by atoms with Gasteiger partial charge >= 0.3 is 0 Å². The molecule has 1 N–H and O–H groups in total. The molecular formula is C25H29ClN4O2. The summed E-state index contributed by atoms with van der Waals surface area (Å²) in [6.07, 6.45) is 3.62. The van der Waals surface area contributed by atoms with E-state index in [9.17, 15) is 4.79 Å². The van der Waals surface area contributed by atoms with Gasteiger partial charge < -0.3 is 9.84 Å². The van der Waals surface area contributed by atoms with Crippen molar-refractivity contribution in [1.29, 1.82) is 0 Å². The van der Waals surface area contributed by atoms with Gasteiger partial charge in [0.05, 0.1) is 12.5 Å². The van der Waals surface area contributed by atoms with Crippen LogP contribution >= 0.6 is 11.6 Å². The van der Waals surface area contributed by atoms with E-state index < -0.39 is 0 Å². The van der Waals surface area contributed by atoms with E-state index >= 15 is 0 Å². The van der Waals surface area contributed by atoms with Crippen LogP contribution in [0, 0.1) is 12.8 Å². The maximum absolute atomic E-state index is 12.7. The first kappa shape index (κ1) is 22.5. The molecule has 2 aromatic carbocycles. The maximum atomic E-state index is 12.7. The predicted molar refractivity (Wildman–Crippen MR) is 125 cm³/mol. The summed E-state index contributed by atoms with van der Waals surface area (Å²) in [5.74, 6) is 1.31. The number of rotatable bonds is 8. The minimum absolute atomic E-state index is 0.0113. The standard InChI is InChI=1S/C25H29ClN4O2/c1-18-8-2-4-12-21(18)24-28-23(32-29-24)17-30-15-7-11-20(16-30)25(31)27-14-6-10-19-9-3-5-13-22(19)26/h2-5,8-9,12-13,20H,6-7,10-11,14-17H2,1H3,(H,27,31). The summed E-state index contributed by atoms with van der Waals surface area (Å²) < 4.78 is 5.49. The van der Waals surface area contributed by atoms with Crippen molar-refractivity contribution in [1.82, 2.24) is 20.4 Å². The van der Waals surface area contributed by atoms with Crippen molar-refractivity contribution in [3.8, 4) is 11.4 Å². The summed E-state index contributed by atoms with van der Waals surface area (Å²) in [6, 6.07) is 15.9. The molecule has 32 heavy (non-hydrogen) atoms. The van der Waals surface area contributed by atoms with E-state index in [1.54, 1.807) is 0 Å². The maximum Gasteiger partial charge on any atom is 0.241 e. The molecule has 1 aliphatic heterocycles. The topological polar surface area (TPSA) is 71.3 Å². The first-order valence-corrected chi connectivity index (χ1v) is 11.6. The van der Waals surface area contributed by atoms with Crippen molar-refractivity contribution in [2.24, 2.45) is 5.92 Å². The fourth-order valence-electron chi connectivity index (χ4n) is 4.19. The van der Waals surface area contributed by atoms with Crippen LogP contribution in [0.2, 0.25) is 5.02 Å². The average molecular weight is 453 g/mol. The fourth-order valence-corrected chi connectivity index (χ4v) is 4.42. The molecule has 0 bridgehead atoms. The Morgan fingerprint density at radius 2 is 2.03 bits per heavy atom. The van der Waals surface area contributed by atoms with Gasteiger partial charge in [-0.15, -0.1) is 0 Å². The minimum Gasteiger partial charge on any atom is -0.356 e. The monoisotopic (exact) mass is 452 g/mol. The Morgan fingerprint density at radius 3 is 2.88 bits per heavy atom. The second-order valence-electron chi connectivity index (χ2n) is 8.39. The molecule has 1 atom stereocenters. The number of hydrogen-bond donors (Lipinski definition) is 1. The third-order valence-corrected chi connectivity index (χ3v) is 6.34. The van der Waals surface area contributed by atoms with Crippen LogP contribution in [0.5, 0.6) is 0 Å². The Morgan fingerprint density at radius 1 is 1.22 bits per heavy atom.